The standard InChI is InChI=1S/C22H19N5O4S2/c28-19(25-9-7-24(8-10-25)16-4-1-2-5-17(16)27(30)31)12-26-14-23-21-20(22(26)29)15(13-33-21)18-6-3-11-32-18/h1-6,11,13-14H,7-10,12H2. The van der Waals surface area contributed by atoms with Crippen molar-refractivity contribution in [2.24, 2.45) is 0 Å². The third-order valence-electron chi connectivity index (χ3n) is 5.70. The van der Waals surface area contributed by atoms with E-state index in [-0.39, 0.29) is 23.7 Å². The Morgan fingerprint density at radius 1 is 1.09 bits per heavy atom. The Morgan fingerprint density at radius 3 is 2.61 bits per heavy atom. The van der Waals surface area contributed by atoms with Gasteiger partial charge < -0.3 is 9.80 Å². The van der Waals surface area contributed by atoms with E-state index in [2.05, 4.69) is 4.98 Å². The van der Waals surface area contributed by atoms with Crippen LogP contribution < -0.4 is 10.5 Å². The molecule has 168 valence electrons. The molecular weight excluding hydrogens is 462 g/mol. The number of nitrogens with zero attached hydrogens (tertiary/aromatic N) is 5. The number of nitro benzene ring substituents is 1. The summed E-state index contributed by atoms with van der Waals surface area (Å²) in [7, 11) is 0. The van der Waals surface area contributed by atoms with Crippen molar-refractivity contribution in [2.45, 2.75) is 6.54 Å². The summed E-state index contributed by atoms with van der Waals surface area (Å²) in [5.41, 5.74) is 1.23. The first-order valence-electron chi connectivity index (χ1n) is 10.3. The molecule has 4 aromatic rings. The molecule has 4 heterocycles. The molecule has 0 spiro atoms. The Bertz CT molecular complexity index is 1390. The number of anilines is 1. The fourth-order valence-corrected chi connectivity index (χ4v) is 5.74. The lowest BCUT2D eigenvalue weighted by Crippen LogP contribution is -2.50. The maximum absolute atomic E-state index is 13.2. The van der Waals surface area contributed by atoms with Crippen LogP contribution in [0.25, 0.3) is 20.7 Å². The number of fused-ring (bicyclic) bond motifs is 1. The number of aromatic nitrogens is 2. The molecule has 1 fully saturated rings. The SMILES string of the molecule is O=C(Cn1cnc2scc(-c3cccs3)c2c1=O)N1CCN(c2ccccc2[N+](=O)[O-])CC1. The molecule has 33 heavy (non-hydrogen) atoms. The Balaban J connectivity index is 1.31. The second-order valence-corrected chi connectivity index (χ2v) is 9.40. The van der Waals surface area contributed by atoms with Crippen molar-refractivity contribution in [1.29, 1.82) is 0 Å². The van der Waals surface area contributed by atoms with Gasteiger partial charge in [-0.25, -0.2) is 4.98 Å². The van der Waals surface area contributed by atoms with Gasteiger partial charge in [0.2, 0.25) is 5.91 Å². The van der Waals surface area contributed by atoms with E-state index >= 15 is 0 Å². The fraction of sp³-hybridized carbons (Fsp3) is 0.227. The van der Waals surface area contributed by atoms with Gasteiger partial charge in [0, 0.05) is 48.1 Å². The highest BCUT2D eigenvalue weighted by Gasteiger charge is 2.26. The average Bonchev–Trinajstić information content (AvgIpc) is 3.51. The lowest BCUT2D eigenvalue weighted by Gasteiger charge is -2.35. The van der Waals surface area contributed by atoms with E-state index in [1.54, 1.807) is 34.4 Å². The fourth-order valence-electron chi connectivity index (χ4n) is 4.02. The molecule has 1 aliphatic rings. The number of rotatable bonds is 5. The van der Waals surface area contributed by atoms with Crippen LogP contribution >= 0.6 is 22.7 Å². The molecule has 0 radical (unpaired) electrons. The number of para-hydroxylation sites is 2. The average molecular weight is 482 g/mol. The summed E-state index contributed by atoms with van der Waals surface area (Å²) in [6, 6.07) is 10.5. The molecule has 0 bridgehead atoms. The second-order valence-electron chi connectivity index (χ2n) is 7.60. The van der Waals surface area contributed by atoms with Crippen LogP contribution in [0.5, 0.6) is 0 Å². The number of carbonyl (C=O) groups excluding carboxylic acids is 1. The van der Waals surface area contributed by atoms with Crippen molar-refractivity contribution in [2.75, 3.05) is 31.1 Å². The number of hydrogen-bond donors (Lipinski definition) is 0. The van der Waals surface area contributed by atoms with E-state index in [9.17, 15) is 19.7 Å². The van der Waals surface area contributed by atoms with E-state index in [1.807, 2.05) is 27.8 Å². The molecule has 3 aromatic heterocycles. The highest BCUT2D eigenvalue weighted by molar-refractivity contribution is 7.18. The quantitative estimate of drug-likeness (QED) is 0.320. The smallest absolute Gasteiger partial charge is 0.292 e. The third-order valence-corrected chi connectivity index (χ3v) is 7.49. The summed E-state index contributed by atoms with van der Waals surface area (Å²) in [4.78, 5) is 46.7. The molecular formula is C22H19N5O4S2. The molecule has 1 aliphatic heterocycles. The Kier molecular flexibility index (Phi) is 5.65. The van der Waals surface area contributed by atoms with Crippen molar-refractivity contribution in [3.63, 3.8) is 0 Å². The number of hydrogen-bond acceptors (Lipinski definition) is 8. The summed E-state index contributed by atoms with van der Waals surface area (Å²) in [5, 5.41) is 15.8. The van der Waals surface area contributed by atoms with Gasteiger partial charge >= 0.3 is 0 Å². The van der Waals surface area contributed by atoms with Gasteiger partial charge in [-0.05, 0) is 17.5 Å². The molecule has 0 unspecified atom stereocenters. The van der Waals surface area contributed by atoms with Crippen molar-refractivity contribution in [3.05, 3.63) is 74.0 Å². The van der Waals surface area contributed by atoms with Gasteiger partial charge in [-0.1, -0.05) is 18.2 Å². The minimum atomic E-state index is -0.392. The number of nitro groups is 1. The zero-order valence-corrected chi connectivity index (χ0v) is 19.1. The second kappa shape index (κ2) is 8.75. The summed E-state index contributed by atoms with van der Waals surface area (Å²) in [5.74, 6) is -0.173. The maximum atomic E-state index is 13.2. The third kappa shape index (κ3) is 4.00. The highest BCUT2D eigenvalue weighted by atomic mass is 32.1. The number of benzene rings is 1. The van der Waals surface area contributed by atoms with Crippen LogP contribution in [0.2, 0.25) is 0 Å². The maximum Gasteiger partial charge on any atom is 0.292 e. The van der Waals surface area contributed by atoms with E-state index in [4.69, 9.17) is 0 Å². The van der Waals surface area contributed by atoms with Crippen LogP contribution in [-0.4, -0.2) is 51.5 Å². The largest absolute Gasteiger partial charge is 0.362 e. The number of amides is 1. The Morgan fingerprint density at radius 2 is 1.88 bits per heavy atom. The first-order valence-corrected chi connectivity index (χ1v) is 12.1. The molecule has 5 rings (SSSR count). The molecule has 9 nitrogen and oxygen atoms in total. The first-order chi connectivity index (χ1) is 16.0. The summed E-state index contributed by atoms with van der Waals surface area (Å²) < 4.78 is 1.36. The van der Waals surface area contributed by atoms with E-state index in [0.29, 0.717) is 42.1 Å². The molecule has 0 saturated carbocycles. The van der Waals surface area contributed by atoms with Crippen molar-refractivity contribution in [3.8, 4) is 10.4 Å². The van der Waals surface area contributed by atoms with Crippen molar-refractivity contribution >= 4 is 50.2 Å². The summed E-state index contributed by atoms with van der Waals surface area (Å²) in [6.07, 6.45) is 1.43. The number of thiophene rings is 2. The molecule has 11 heteroatoms. The van der Waals surface area contributed by atoms with Crippen molar-refractivity contribution in [1.82, 2.24) is 14.5 Å². The van der Waals surface area contributed by atoms with E-state index in [1.165, 1.54) is 28.3 Å². The molecule has 0 atom stereocenters. The lowest BCUT2D eigenvalue weighted by atomic mass is 10.2. The zero-order chi connectivity index (χ0) is 22.9. The zero-order valence-electron chi connectivity index (χ0n) is 17.4. The lowest BCUT2D eigenvalue weighted by molar-refractivity contribution is -0.384. The predicted octanol–water partition coefficient (Wildman–Crippen LogP) is 3.44. The Hall–Kier alpha value is -3.57. The minimum Gasteiger partial charge on any atom is -0.362 e. The molecule has 1 amide bonds. The van der Waals surface area contributed by atoms with Crippen LogP contribution in [-0.2, 0) is 11.3 Å². The van der Waals surface area contributed by atoms with Gasteiger partial charge in [-0.15, -0.1) is 22.7 Å². The number of piperazine rings is 1. The monoisotopic (exact) mass is 481 g/mol. The van der Waals surface area contributed by atoms with Gasteiger partial charge in [0.1, 0.15) is 17.1 Å². The van der Waals surface area contributed by atoms with E-state index < -0.39 is 4.92 Å². The number of carbonyl (C=O) groups is 1. The van der Waals surface area contributed by atoms with Crippen LogP contribution in [0.1, 0.15) is 0 Å². The Labute approximate surface area is 196 Å². The van der Waals surface area contributed by atoms with Crippen LogP contribution in [0, 0.1) is 10.1 Å². The van der Waals surface area contributed by atoms with Crippen LogP contribution in [0.4, 0.5) is 11.4 Å². The predicted molar refractivity (Wildman–Crippen MR) is 129 cm³/mol. The van der Waals surface area contributed by atoms with E-state index in [0.717, 1.165) is 10.4 Å². The topological polar surface area (TPSA) is 102 Å². The van der Waals surface area contributed by atoms with Gasteiger partial charge in [0.25, 0.3) is 11.2 Å². The molecule has 1 saturated heterocycles. The minimum absolute atomic E-state index is 0.0560. The van der Waals surface area contributed by atoms with Crippen LogP contribution in [0.3, 0.4) is 0 Å². The van der Waals surface area contributed by atoms with Crippen molar-refractivity contribution < 1.29 is 9.72 Å². The molecule has 0 N–H and O–H groups in total. The first kappa shape index (κ1) is 21.3. The van der Waals surface area contributed by atoms with Gasteiger partial charge in [0.05, 0.1) is 16.6 Å². The van der Waals surface area contributed by atoms with Gasteiger partial charge in [0.15, 0.2) is 0 Å². The molecule has 1 aromatic carbocycles. The normalized spacial score (nSPS) is 14.1. The molecule has 0 aliphatic carbocycles. The van der Waals surface area contributed by atoms with Gasteiger partial charge in [-0.2, -0.15) is 0 Å². The highest BCUT2D eigenvalue weighted by Crippen LogP contribution is 2.33. The summed E-state index contributed by atoms with van der Waals surface area (Å²) in [6.45, 7) is 1.72. The van der Waals surface area contributed by atoms with Crippen LogP contribution in [0.15, 0.2) is 58.3 Å². The van der Waals surface area contributed by atoms with Gasteiger partial charge in [-0.3, -0.25) is 24.3 Å². The summed E-state index contributed by atoms with van der Waals surface area (Å²) >= 11 is 2.97.